The maximum absolute atomic E-state index is 13.0. The van der Waals surface area contributed by atoms with Crippen molar-refractivity contribution in [3.63, 3.8) is 0 Å². The lowest BCUT2D eigenvalue weighted by atomic mass is 10.0. The lowest BCUT2D eigenvalue weighted by Gasteiger charge is -2.35. The van der Waals surface area contributed by atoms with Gasteiger partial charge in [0.05, 0.1) is 25.2 Å². The van der Waals surface area contributed by atoms with Crippen molar-refractivity contribution in [1.29, 1.82) is 0 Å². The first-order valence-corrected chi connectivity index (χ1v) is 10.4. The average Bonchev–Trinajstić information content (AvgIpc) is 3.07. The van der Waals surface area contributed by atoms with Crippen molar-refractivity contribution in [2.24, 2.45) is 0 Å². The minimum absolute atomic E-state index is 0.0665. The van der Waals surface area contributed by atoms with E-state index in [0.29, 0.717) is 25.5 Å². The number of rotatable bonds is 7. The van der Waals surface area contributed by atoms with Crippen LogP contribution < -0.4 is 5.32 Å². The Bertz CT molecular complexity index is 695. The SMILES string of the molecule is CN(C)C(=O)C[C@H]1CN2C[C@H](NC(=O)[C@H](Cc3ccccc3)N(C)C)C[C@H]2CO1. The topological polar surface area (TPSA) is 65.1 Å². The van der Waals surface area contributed by atoms with Crippen LogP contribution in [-0.2, 0) is 20.7 Å². The van der Waals surface area contributed by atoms with Crippen LogP contribution in [0.15, 0.2) is 30.3 Å². The number of morpholine rings is 1. The first-order chi connectivity index (χ1) is 13.8. The minimum Gasteiger partial charge on any atom is -0.375 e. The zero-order chi connectivity index (χ0) is 21.0. The molecular weight excluding hydrogens is 368 g/mol. The van der Waals surface area contributed by atoms with Gasteiger partial charge in [-0.3, -0.25) is 19.4 Å². The number of amides is 2. The summed E-state index contributed by atoms with van der Waals surface area (Å²) in [4.78, 5) is 30.9. The van der Waals surface area contributed by atoms with E-state index in [2.05, 4.69) is 22.3 Å². The normalized spacial score (nSPS) is 25.5. The number of carbonyl (C=O) groups excluding carboxylic acids is 2. The minimum atomic E-state index is -0.197. The summed E-state index contributed by atoms with van der Waals surface area (Å²) in [5, 5.41) is 3.26. The average molecular weight is 403 g/mol. The van der Waals surface area contributed by atoms with Gasteiger partial charge in [-0.25, -0.2) is 0 Å². The Morgan fingerprint density at radius 3 is 2.55 bits per heavy atom. The fourth-order valence-corrected chi connectivity index (χ4v) is 4.19. The standard InChI is InChI=1S/C22H34N4O3/c1-24(2)20(10-16-8-6-5-7-9-16)22(28)23-17-11-18-15-29-19(14-26(18)13-17)12-21(27)25(3)4/h5-9,17-20H,10-15H2,1-4H3,(H,23,28)/t17-,18+,19+,20+/m1/s1. The molecule has 2 aliphatic heterocycles. The van der Waals surface area contributed by atoms with Gasteiger partial charge in [0.2, 0.25) is 11.8 Å². The molecule has 29 heavy (non-hydrogen) atoms. The van der Waals surface area contributed by atoms with Crippen molar-refractivity contribution < 1.29 is 14.3 Å². The molecule has 7 heteroatoms. The summed E-state index contributed by atoms with van der Waals surface area (Å²) < 4.78 is 5.92. The fraction of sp³-hybridized carbons (Fsp3) is 0.636. The molecule has 2 fully saturated rings. The van der Waals surface area contributed by atoms with Gasteiger partial charge in [0.15, 0.2) is 0 Å². The third-order valence-electron chi connectivity index (χ3n) is 5.94. The molecule has 0 unspecified atom stereocenters. The molecule has 4 atom stereocenters. The van der Waals surface area contributed by atoms with Gasteiger partial charge in [0, 0.05) is 39.3 Å². The molecule has 7 nitrogen and oxygen atoms in total. The van der Waals surface area contributed by atoms with Crippen molar-refractivity contribution in [3.8, 4) is 0 Å². The Labute approximate surface area is 174 Å². The second-order valence-electron chi connectivity index (χ2n) is 8.67. The van der Waals surface area contributed by atoms with E-state index in [0.717, 1.165) is 25.1 Å². The summed E-state index contributed by atoms with van der Waals surface area (Å²) in [6.07, 6.45) is 1.93. The Kier molecular flexibility index (Phi) is 7.27. The van der Waals surface area contributed by atoms with E-state index in [9.17, 15) is 9.59 Å². The first-order valence-electron chi connectivity index (χ1n) is 10.4. The van der Waals surface area contributed by atoms with Crippen LogP contribution in [-0.4, -0.2) is 98.6 Å². The summed E-state index contributed by atoms with van der Waals surface area (Å²) >= 11 is 0. The molecule has 2 saturated heterocycles. The van der Waals surface area contributed by atoms with Crippen LogP contribution in [0.5, 0.6) is 0 Å². The van der Waals surface area contributed by atoms with Gasteiger partial charge in [-0.15, -0.1) is 0 Å². The summed E-state index contributed by atoms with van der Waals surface area (Å²) in [6.45, 7) is 2.19. The van der Waals surface area contributed by atoms with Gasteiger partial charge in [-0.05, 0) is 32.5 Å². The van der Waals surface area contributed by atoms with Crippen LogP contribution in [0.3, 0.4) is 0 Å². The number of hydrogen-bond donors (Lipinski definition) is 1. The molecule has 160 valence electrons. The highest BCUT2D eigenvalue weighted by Gasteiger charge is 2.39. The third-order valence-corrected chi connectivity index (χ3v) is 5.94. The van der Waals surface area contributed by atoms with Gasteiger partial charge < -0.3 is 15.0 Å². The molecule has 1 aromatic rings. The number of nitrogens with one attached hydrogen (secondary N) is 1. The summed E-state index contributed by atoms with van der Waals surface area (Å²) in [6, 6.07) is 10.4. The van der Waals surface area contributed by atoms with Crippen LogP contribution >= 0.6 is 0 Å². The van der Waals surface area contributed by atoms with Crippen molar-refractivity contribution in [1.82, 2.24) is 20.0 Å². The van der Waals surface area contributed by atoms with Crippen molar-refractivity contribution in [2.45, 2.75) is 43.5 Å². The molecule has 2 heterocycles. The Hall–Kier alpha value is -1.96. The van der Waals surface area contributed by atoms with Crippen LogP contribution in [0.25, 0.3) is 0 Å². The number of likely N-dealkylation sites (N-methyl/N-ethyl adjacent to an activating group) is 1. The maximum atomic E-state index is 13.0. The van der Waals surface area contributed by atoms with Crippen molar-refractivity contribution in [2.75, 3.05) is 47.9 Å². The predicted octanol–water partition coefficient (Wildman–Crippen LogP) is 0.596. The molecule has 2 amide bonds. The molecular formula is C22H34N4O3. The van der Waals surface area contributed by atoms with Crippen LogP contribution in [0.2, 0.25) is 0 Å². The highest BCUT2D eigenvalue weighted by Crippen LogP contribution is 2.25. The summed E-state index contributed by atoms with van der Waals surface area (Å²) in [7, 11) is 7.44. The van der Waals surface area contributed by atoms with Gasteiger partial charge in [-0.1, -0.05) is 30.3 Å². The lowest BCUT2D eigenvalue weighted by molar-refractivity contribution is -0.134. The predicted molar refractivity (Wildman–Crippen MR) is 113 cm³/mol. The quantitative estimate of drug-likeness (QED) is 0.724. The molecule has 0 bridgehead atoms. The smallest absolute Gasteiger partial charge is 0.237 e. The maximum Gasteiger partial charge on any atom is 0.237 e. The molecule has 0 spiro atoms. The zero-order valence-electron chi connectivity index (χ0n) is 18.0. The Balaban J connectivity index is 1.53. The summed E-state index contributed by atoms with van der Waals surface area (Å²) in [5.74, 6) is 0.163. The zero-order valence-corrected chi connectivity index (χ0v) is 18.0. The number of nitrogens with zero attached hydrogens (tertiary/aromatic N) is 3. The summed E-state index contributed by atoms with van der Waals surface area (Å²) in [5.41, 5.74) is 1.16. The Morgan fingerprint density at radius 1 is 1.17 bits per heavy atom. The highest BCUT2D eigenvalue weighted by atomic mass is 16.5. The van der Waals surface area contributed by atoms with E-state index in [1.807, 2.05) is 37.2 Å². The van der Waals surface area contributed by atoms with E-state index in [4.69, 9.17) is 4.74 Å². The van der Waals surface area contributed by atoms with Crippen LogP contribution in [0.4, 0.5) is 0 Å². The van der Waals surface area contributed by atoms with Crippen molar-refractivity contribution >= 4 is 11.8 Å². The number of fused-ring (bicyclic) bond motifs is 1. The molecule has 0 aromatic heterocycles. The number of hydrogen-bond acceptors (Lipinski definition) is 5. The van der Waals surface area contributed by atoms with Crippen molar-refractivity contribution in [3.05, 3.63) is 35.9 Å². The van der Waals surface area contributed by atoms with Gasteiger partial charge in [-0.2, -0.15) is 0 Å². The van der Waals surface area contributed by atoms with Gasteiger partial charge in [0.25, 0.3) is 0 Å². The third kappa shape index (κ3) is 5.78. The van der Waals surface area contributed by atoms with Gasteiger partial charge >= 0.3 is 0 Å². The molecule has 1 aromatic carbocycles. The number of benzene rings is 1. The number of carbonyl (C=O) groups is 2. The number of ether oxygens (including phenoxy) is 1. The van der Waals surface area contributed by atoms with E-state index >= 15 is 0 Å². The first kappa shape index (κ1) is 21.7. The van der Waals surface area contributed by atoms with E-state index in [1.54, 1.807) is 19.0 Å². The monoisotopic (exact) mass is 402 g/mol. The van der Waals surface area contributed by atoms with Gasteiger partial charge in [0.1, 0.15) is 0 Å². The van der Waals surface area contributed by atoms with E-state index < -0.39 is 0 Å². The second kappa shape index (κ2) is 9.69. The molecule has 0 aliphatic carbocycles. The molecule has 2 aliphatic rings. The second-order valence-corrected chi connectivity index (χ2v) is 8.67. The van der Waals surface area contributed by atoms with Crippen LogP contribution in [0.1, 0.15) is 18.4 Å². The molecule has 1 N–H and O–H groups in total. The Morgan fingerprint density at radius 2 is 1.90 bits per heavy atom. The highest BCUT2D eigenvalue weighted by molar-refractivity contribution is 5.82. The molecule has 3 rings (SSSR count). The molecule has 0 radical (unpaired) electrons. The molecule has 0 saturated carbocycles. The van der Waals surface area contributed by atoms with E-state index in [-0.39, 0.29) is 30.0 Å². The lowest BCUT2D eigenvalue weighted by Crippen LogP contribution is -2.49. The fourth-order valence-electron chi connectivity index (χ4n) is 4.19. The van der Waals surface area contributed by atoms with E-state index in [1.165, 1.54) is 0 Å². The van der Waals surface area contributed by atoms with Crippen LogP contribution in [0, 0.1) is 0 Å². The largest absolute Gasteiger partial charge is 0.375 e.